The van der Waals surface area contributed by atoms with E-state index in [2.05, 4.69) is 184 Å². The molecular formula is C98H143F2N23O. The molecule has 7 fully saturated rings. The van der Waals surface area contributed by atoms with Crippen LogP contribution in [0.5, 0.6) is 0 Å². The Morgan fingerprint density at radius 1 is 0.387 bits per heavy atom. The molecule has 0 spiro atoms. The van der Waals surface area contributed by atoms with Crippen molar-refractivity contribution in [3.8, 4) is 36.4 Å². The van der Waals surface area contributed by atoms with E-state index in [0.717, 1.165) is 193 Å². The molecule has 5 aromatic heterocycles. The predicted molar refractivity (Wildman–Crippen MR) is 494 cm³/mol. The summed E-state index contributed by atoms with van der Waals surface area (Å²) in [6.07, 6.45) is 19.5. The fourth-order valence-electron chi connectivity index (χ4n) is 18.9. The molecule has 0 aromatic carbocycles. The second-order valence-electron chi connectivity index (χ2n) is 37.6. The molecule has 124 heavy (non-hydrogen) atoms. The summed E-state index contributed by atoms with van der Waals surface area (Å²) < 4.78 is 28.0. The molecule has 7 saturated heterocycles. The van der Waals surface area contributed by atoms with Crippen molar-refractivity contribution in [2.24, 2.45) is 123 Å². The van der Waals surface area contributed by atoms with Gasteiger partial charge in [0.2, 0.25) is 0 Å². The van der Waals surface area contributed by atoms with Gasteiger partial charge < -0.3 is 45.8 Å². The Balaban J connectivity index is 0.000000199. The fourth-order valence-corrected chi connectivity index (χ4v) is 18.9. The standard InChI is InChI=1S/2C15H21N3.C14H18FN3.C14H20N4.C14H19N3.C13H21FN4.C13H23N3O/c2*1-11(2)14-6-7-18(10-12(14)3)15-5-4-13(8-16)9-17-15;1-10(2)12-5-6-18(9-13(12)15)14-4-3-11(7-16)8-17-14;1-10(2)13-6-7-18(9-11(13)3)14-5-4-12(8-15)16-17-14;1-11(2)13-5-7-17(8-6-13)14-4-3-12(9-15)10-16-14;1-9(2)11-5-6-18(8-12(11)14)13(17)4-3-10(16)7-15;1-10(2)12-9-15(8-5-11(12)3)13(17)16-7-4-6-14-16/h2*4-5,9,11-12,14H,6-7,10H2,1-3H3;3-4,8,10,12-13H,5-6,9H2,1-2H3;4-5,10-11,13H,6-7,9H2,1-3H3;3-4,10-11,13H,5-8H2,1-2H3;3-4,9,11-12H,5-6,8,16-17H2,1-2H3;6,10-12H,4-5,7-9H2,1-3H3/b;;;;;10-3-,13-4+;/t2*12-,14-;12-,13-;11-,13-;;2*11-,12-/m1001.01/s1. The van der Waals surface area contributed by atoms with Crippen molar-refractivity contribution in [3.05, 3.63) is 137 Å². The van der Waals surface area contributed by atoms with Crippen molar-refractivity contribution in [2.75, 3.05) is 123 Å². The number of nitrogens with zero attached hydrogens (tertiary/aromatic N) is 21. The first-order valence-corrected chi connectivity index (χ1v) is 45.6. The van der Waals surface area contributed by atoms with Crippen molar-refractivity contribution in [1.82, 2.24) is 44.9 Å². The number of hydrogen-bond acceptors (Lipinski definition) is 22. The van der Waals surface area contributed by atoms with Crippen LogP contribution in [0.15, 0.2) is 114 Å². The fraction of sp³-hybridized carbons (Fsp3) is 0.633. The lowest BCUT2D eigenvalue weighted by Crippen LogP contribution is -2.48. The van der Waals surface area contributed by atoms with Gasteiger partial charge in [-0.25, -0.2) is 38.5 Å². The molecule has 5 aromatic rings. The average Bonchev–Trinajstić information content (AvgIpc) is 1.42. The van der Waals surface area contributed by atoms with E-state index >= 15 is 0 Å². The van der Waals surface area contributed by atoms with E-state index in [1.54, 1.807) is 58.8 Å². The van der Waals surface area contributed by atoms with E-state index in [-0.39, 0.29) is 23.6 Å². The van der Waals surface area contributed by atoms with Crippen molar-refractivity contribution < 1.29 is 13.6 Å². The van der Waals surface area contributed by atoms with E-state index in [9.17, 15) is 13.6 Å². The van der Waals surface area contributed by atoms with Gasteiger partial charge in [-0.15, -0.1) is 10.2 Å². The van der Waals surface area contributed by atoms with E-state index in [1.165, 1.54) is 44.4 Å². The van der Waals surface area contributed by atoms with Crippen molar-refractivity contribution >= 4 is 41.3 Å². The molecule has 26 heteroatoms. The van der Waals surface area contributed by atoms with Gasteiger partial charge in [-0.1, -0.05) is 125 Å². The maximum Gasteiger partial charge on any atom is 0.340 e. The van der Waals surface area contributed by atoms with E-state index in [4.69, 9.17) is 43.0 Å². The average molecular weight is 1700 g/mol. The topological polar surface area (TPSA) is 327 Å². The van der Waals surface area contributed by atoms with Crippen LogP contribution in [0.2, 0.25) is 0 Å². The summed E-state index contributed by atoms with van der Waals surface area (Å²) in [5.74, 6) is 16.5. The first-order valence-electron chi connectivity index (χ1n) is 45.6. The maximum absolute atomic E-state index is 14.1. The number of pyridine rings is 4. The normalized spacial score (nSPS) is 24.1. The highest BCUT2D eigenvalue weighted by molar-refractivity contribution is 5.77. The summed E-state index contributed by atoms with van der Waals surface area (Å²) in [5.41, 5.74) is 14.1. The molecule has 8 aliphatic heterocycles. The summed E-state index contributed by atoms with van der Waals surface area (Å²) in [6.45, 7) is 53.9. The Hall–Kier alpha value is -10.7. The SMILES string of the molecule is CC(C)C1CCN(c2ccc(C#N)cn2)CC1.CC(C)[C@@H]1CCN(/C(N)=C/C=C(\N)C#N)C[C@@H]1F.CC(C)[C@@H]1CCN(c2ccc(C#N)cn2)C[C@@H]1C.CC(C)[C@@H]1CCN(c2ccc(C#N)cn2)C[C@@H]1F.CC(C)[C@H]1CCN(c2ccc(C#N)cn2)C[C@H]1C.CC(C)[C@H]1CCN(c2ccc(C#N)nn2)C[C@H]1C.CC(C)[C@H]1CN(C(=O)N2CCC=N2)CC[C@H]1C. The Kier molecular flexibility index (Phi) is 40.7. The molecule has 8 aliphatic rings. The van der Waals surface area contributed by atoms with Crippen LogP contribution in [0, 0.1) is 175 Å². The van der Waals surface area contributed by atoms with Gasteiger partial charge in [-0.2, -0.15) is 36.7 Å². The number of halogens is 2. The Morgan fingerprint density at radius 2 is 0.758 bits per heavy atom. The Labute approximate surface area is 741 Å². The van der Waals surface area contributed by atoms with Crippen LogP contribution in [0.1, 0.15) is 210 Å². The number of amides is 2. The number of likely N-dealkylation sites (tertiary alicyclic amines) is 2. The van der Waals surface area contributed by atoms with Crippen LogP contribution in [-0.4, -0.2) is 168 Å². The van der Waals surface area contributed by atoms with Crippen LogP contribution < -0.4 is 36.0 Å². The van der Waals surface area contributed by atoms with Gasteiger partial charge in [0.25, 0.3) is 0 Å². The van der Waals surface area contributed by atoms with Crippen LogP contribution in [0.3, 0.4) is 0 Å². The predicted octanol–water partition coefficient (Wildman–Crippen LogP) is 18.1. The Bertz CT molecular complexity index is 4050. The maximum atomic E-state index is 14.1. The monoisotopic (exact) mass is 1700 g/mol. The summed E-state index contributed by atoms with van der Waals surface area (Å²) in [6, 6.07) is 30.8. The highest BCUT2D eigenvalue weighted by Crippen LogP contribution is 2.37. The largest absolute Gasteiger partial charge is 0.390 e. The highest BCUT2D eigenvalue weighted by Gasteiger charge is 2.37. The second-order valence-corrected chi connectivity index (χ2v) is 37.6. The van der Waals surface area contributed by atoms with Crippen LogP contribution >= 0.6 is 0 Å². The van der Waals surface area contributed by atoms with Gasteiger partial charge in [0.1, 0.15) is 77.7 Å². The lowest BCUT2D eigenvalue weighted by Gasteiger charge is -2.39. The number of piperidine rings is 7. The number of carbonyl (C=O) groups excluding carboxylic acids is 1. The second kappa shape index (κ2) is 50.3. The smallest absolute Gasteiger partial charge is 0.340 e. The first-order chi connectivity index (χ1) is 59.2. The molecule has 0 unspecified atom stereocenters. The third-order valence-corrected chi connectivity index (χ3v) is 26.7. The summed E-state index contributed by atoms with van der Waals surface area (Å²) in [4.78, 5) is 44.5. The van der Waals surface area contributed by atoms with Crippen molar-refractivity contribution in [1.29, 1.82) is 31.6 Å². The molecule has 0 radical (unpaired) electrons. The lowest BCUT2D eigenvalue weighted by molar-refractivity contribution is 0.0787. The molecule has 0 bridgehead atoms. The minimum Gasteiger partial charge on any atom is -0.390 e. The quantitative estimate of drug-likeness (QED) is 0.0770. The minimum absolute atomic E-state index is 0.0896. The van der Waals surface area contributed by atoms with E-state index < -0.39 is 12.3 Å². The van der Waals surface area contributed by atoms with Crippen molar-refractivity contribution in [3.63, 3.8) is 0 Å². The zero-order chi connectivity index (χ0) is 90.9. The number of alkyl halides is 2. The van der Waals surface area contributed by atoms with Gasteiger partial charge in [0, 0.05) is 116 Å². The molecule has 13 rings (SSSR count). The third kappa shape index (κ3) is 30.3. The van der Waals surface area contributed by atoms with Crippen LogP contribution in [0.4, 0.5) is 42.7 Å². The third-order valence-electron chi connectivity index (χ3n) is 26.7. The van der Waals surface area contributed by atoms with Crippen molar-refractivity contribution in [2.45, 2.75) is 195 Å². The number of nitrogens with two attached hydrogens (primary N) is 2. The van der Waals surface area contributed by atoms with E-state index in [1.807, 2.05) is 84.5 Å². The molecule has 2 amide bonds. The zero-order valence-electron chi connectivity index (χ0n) is 77.5. The van der Waals surface area contributed by atoms with Crippen LogP contribution in [0.25, 0.3) is 0 Å². The van der Waals surface area contributed by atoms with Gasteiger partial charge in [-0.05, 0) is 231 Å². The summed E-state index contributed by atoms with van der Waals surface area (Å²) >= 11 is 0. The molecule has 670 valence electrons. The number of hydrogen-bond donors (Lipinski definition) is 2. The number of carbonyl (C=O) groups is 1. The molecule has 0 saturated carbocycles. The Morgan fingerprint density at radius 3 is 1.09 bits per heavy atom. The first kappa shape index (κ1) is 100. The highest BCUT2D eigenvalue weighted by atomic mass is 19.1. The van der Waals surface area contributed by atoms with Gasteiger partial charge in [-0.3, -0.25) is 0 Å². The number of urea groups is 1. The summed E-state index contributed by atoms with van der Waals surface area (Å²) in [5, 5.41) is 66.0. The van der Waals surface area contributed by atoms with E-state index in [0.29, 0.717) is 88.3 Å². The summed E-state index contributed by atoms with van der Waals surface area (Å²) in [7, 11) is 0. The van der Waals surface area contributed by atoms with Crippen LogP contribution in [-0.2, 0) is 0 Å². The molecule has 24 nitrogen and oxygen atoms in total. The molecular weight excluding hydrogens is 1550 g/mol. The number of allylic oxidation sites excluding steroid dienone is 3. The minimum atomic E-state index is -0.858. The number of anilines is 5. The number of aromatic nitrogens is 6. The molecule has 12 atom stereocenters. The number of hydrazone groups is 1. The van der Waals surface area contributed by atoms with Gasteiger partial charge >= 0.3 is 6.03 Å². The molecule has 13 heterocycles. The van der Waals surface area contributed by atoms with Gasteiger partial charge in [0.05, 0.1) is 47.7 Å². The number of rotatable bonds is 14. The molecule has 0 aliphatic carbocycles. The number of nitriles is 6. The van der Waals surface area contributed by atoms with Gasteiger partial charge in [0.15, 0.2) is 11.5 Å². The lowest BCUT2D eigenvalue weighted by atomic mass is 9.79. The molecule has 4 N–H and O–H groups in total. The zero-order valence-corrected chi connectivity index (χ0v) is 77.5.